The highest BCUT2D eigenvalue weighted by atomic mass is 16.3. The van der Waals surface area contributed by atoms with Gasteiger partial charge in [0.1, 0.15) is 5.82 Å². The molecule has 3 rings (SSSR count). The van der Waals surface area contributed by atoms with Crippen LogP contribution in [-0.2, 0) is 0 Å². The number of aromatic nitrogens is 3. The predicted octanol–water partition coefficient (Wildman–Crippen LogP) is 2.83. The first-order valence-corrected chi connectivity index (χ1v) is 8.36. The largest absolute Gasteiger partial charge is 0.393 e. The van der Waals surface area contributed by atoms with E-state index in [0.29, 0.717) is 5.92 Å². The highest BCUT2D eigenvalue weighted by Crippen LogP contribution is 2.27. The Balaban J connectivity index is 1.78. The average Bonchev–Trinajstić information content (AvgIpc) is 2.61. The fourth-order valence-corrected chi connectivity index (χ4v) is 3.18. The summed E-state index contributed by atoms with van der Waals surface area (Å²) in [6, 6.07) is 5.92. The second-order valence-corrected chi connectivity index (χ2v) is 6.23. The average molecular weight is 312 g/mol. The first-order chi connectivity index (χ1) is 11.2. The van der Waals surface area contributed by atoms with E-state index in [2.05, 4.69) is 14.9 Å². The van der Waals surface area contributed by atoms with Crippen molar-refractivity contribution in [2.24, 2.45) is 5.92 Å². The highest BCUT2D eigenvalue weighted by Gasteiger charge is 2.25. The van der Waals surface area contributed by atoms with E-state index in [-0.39, 0.29) is 6.10 Å². The number of anilines is 1. The van der Waals surface area contributed by atoms with Crippen molar-refractivity contribution in [1.29, 1.82) is 0 Å². The van der Waals surface area contributed by atoms with Crippen molar-refractivity contribution in [1.82, 2.24) is 15.0 Å². The summed E-state index contributed by atoms with van der Waals surface area (Å²) >= 11 is 0. The van der Waals surface area contributed by atoms with E-state index in [1.807, 2.05) is 32.0 Å². The Hall–Kier alpha value is -2.01. The Labute approximate surface area is 137 Å². The lowest BCUT2D eigenvalue weighted by Crippen LogP contribution is -2.38. The number of rotatable bonds is 4. The van der Waals surface area contributed by atoms with Crippen molar-refractivity contribution < 1.29 is 5.11 Å². The molecule has 1 aliphatic heterocycles. The van der Waals surface area contributed by atoms with Crippen LogP contribution >= 0.6 is 0 Å². The van der Waals surface area contributed by atoms with E-state index < -0.39 is 0 Å². The van der Waals surface area contributed by atoms with E-state index in [1.54, 1.807) is 12.4 Å². The molecular formula is C18H24N4O. The summed E-state index contributed by atoms with van der Waals surface area (Å²) in [7, 11) is 0. The minimum atomic E-state index is -0.171. The second-order valence-electron chi connectivity index (χ2n) is 6.23. The molecule has 2 aromatic heterocycles. The first-order valence-electron chi connectivity index (χ1n) is 8.36. The van der Waals surface area contributed by atoms with Crippen LogP contribution in [-0.4, -0.2) is 39.3 Å². The number of aliphatic hydroxyl groups excluding tert-OH is 1. The number of hydrogen-bond acceptors (Lipinski definition) is 5. The van der Waals surface area contributed by atoms with Crippen LogP contribution in [0.4, 0.5) is 5.82 Å². The van der Waals surface area contributed by atoms with Gasteiger partial charge in [-0.15, -0.1) is 0 Å². The van der Waals surface area contributed by atoms with Gasteiger partial charge in [-0.3, -0.25) is 4.98 Å². The van der Waals surface area contributed by atoms with Crippen LogP contribution in [0.1, 0.15) is 31.9 Å². The number of aliphatic hydroxyl groups is 1. The molecule has 0 aliphatic carbocycles. The van der Waals surface area contributed by atoms with E-state index in [9.17, 15) is 5.11 Å². The molecule has 1 N–H and O–H groups in total. The summed E-state index contributed by atoms with van der Waals surface area (Å²) in [4.78, 5) is 15.7. The van der Waals surface area contributed by atoms with Gasteiger partial charge in [-0.1, -0.05) is 6.92 Å². The summed E-state index contributed by atoms with van der Waals surface area (Å²) in [6.45, 7) is 5.92. The molecule has 1 aliphatic rings. The van der Waals surface area contributed by atoms with Crippen LogP contribution < -0.4 is 4.90 Å². The molecule has 1 fully saturated rings. The lowest BCUT2D eigenvalue weighted by molar-refractivity contribution is 0.0892. The van der Waals surface area contributed by atoms with Gasteiger partial charge in [0, 0.05) is 42.8 Å². The van der Waals surface area contributed by atoms with E-state index in [0.717, 1.165) is 55.3 Å². The third-order valence-corrected chi connectivity index (χ3v) is 4.59. The summed E-state index contributed by atoms with van der Waals surface area (Å²) in [5.41, 5.74) is 1.90. The quantitative estimate of drug-likeness (QED) is 0.940. The first kappa shape index (κ1) is 15.9. The van der Waals surface area contributed by atoms with E-state index >= 15 is 0 Å². The Bertz CT molecular complexity index is 639. The van der Waals surface area contributed by atoms with Crippen molar-refractivity contribution in [3.63, 3.8) is 0 Å². The minimum absolute atomic E-state index is 0.171. The van der Waals surface area contributed by atoms with Gasteiger partial charge in [0.2, 0.25) is 0 Å². The van der Waals surface area contributed by atoms with Gasteiger partial charge >= 0.3 is 0 Å². The molecule has 23 heavy (non-hydrogen) atoms. The topological polar surface area (TPSA) is 62.1 Å². The summed E-state index contributed by atoms with van der Waals surface area (Å²) in [5, 5.41) is 10.0. The summed E-state index contributed by atoms with van der Waals surface area (Å²) in [6.07, 6.45) is 6.24. The SMILES string of the molecule is CC[C@@H](O)C1CCN(c2cc(C)nc(-c3cccnc3)n2)CC1. The molecule has 0 spiro atoms. The van der Waals surface area contributed by atoms with Gasteiger partial charge in [-0.2, -0.15) is 0 Å². The van der Waals surface area contributed by atoms with Crippen LogP contribution in [0.3, 0.4) is 0 Å². The number of piperidine rings is 1. The predicted molar refractivity (Wildman–Crippen MR) is 91.2 cm³/mol. The Morgan fingerprint density at radius 1 is 1.30 bits per heavy atom. The molecule has 3 heterocycles. The number of nitrogens with zero attached hydrogens (tertiary/aromatic N) is 4. The Kier molecular flexibility index (Phi) is 4.86. The molecule has 1 saturated heterocycles. The molecule has 0 aromatic carbocycles. The van der Waals surface area contributed by atoms with Crippen LogP contribution in [0.25, 0.3) is 11.4 Å². The number of pyridine rings is 1. The van der Waals surface area contributed by atoms with Crippen LogP contribution in [0.15, 0.2) is 30.6 Å². The molecule has 1 atom stereocenters. The molecule has 122 valence electrons. The van der Waals surface area contributed by atoms with Crippen molar-refractivity contribution >= 4 is 5.82 Å². The molecule has 0 unspecified atom stereocenters. The second kappa shape index (κ2) is 7.04. The van der Waals surface area contributed by atoms with E-state index in [4.69, 9.17) is 4.98 Å². The molecule has 0 radical (unpaired) electrons. The number of hydrogen-bond donors (Lipinski definition) is 1. The maximum absolute atomic E-state index is 10.0. The smallest absolute Gasteiger partial charge is 0.163 e. The van der Waals surface area contributed by atoms with Crippen LogP contribution in [0.2, 0.25) is 0 Å². The molecule has 2 aromatic rings. The zero-order valence-electron chi connectivity index (χ0n) is 13.8. The van der Waals surface area contributed by atoms with E-state index in [1.165, 1.54) is 0 Å². The van der Waals surface area contributed by atoms with Crippen molar-refractivity contribution in [3.8, 4) is 11.4 Å². The molecule has 0 bridgehead atoms. The zero-order valence-corrected chi connectivity index (χ0v) is 13.8. The molecule has 5 nitrogen and oxygen atoms in total. The van der Waals surface area contributed by atoms with Crippen LogP contribution in [0, 0.1) is 12.8 Å². The van der Waals surface area contributed by atoms with Crippen LogP contribution in [0.5, 0.6) is 0 Å². The molecular weight excluding hydrogens is 288 g/mol. The van der Waals surface area contributed by atoms with Gasteiger partial charge in [0.25, 0.3) is 0 Å². The van der Waals surface area contributed by atoms with Gasteiger partial charge < -0.3 is 10.0 Å². The standard InChI is InChI=1S/C18H24N4O/c1-3-16(23)14-6-9-22(10-7-14)17-11-13(2)20-18(21-17)15-5-4-8-19-12-15/h4-5,8,11-12,14,16,23H,3,6-7,9-10H2,1-2H3/t16-/m1/s1. The Morgan fingerprint density at radius 3 is 2.74 bits per heavy atom. The molecule has 0 amide bonds. The maximum atomic E-state index is 10.0. The fraction of sp³-hybridized carbons (Fsp3) is 0.500. The van der Waals surface area contributed by atoms with Crippen molar-refractivity contribution in [2.75, 3.05) is 18.0 Å². The Morgan fingerprint density at radius 2 is 2.09 bits per heavy atom. The normalized spacial score (nSPS) is 17.3. The summed E-state index contributed by atoms with van der Waals surface area (Å²) in [5.74, 6) is 2.11. The monoisotopic (exact) mass is 312 g/mol. The molecule has 5 heteroatoms. The third-order valence-electron chi connectivity index (χ3n) is 4.59. The van der Waals surface area contributed by atoms with Crippen molar-refractivity contribution in [3.05, 3.63) is 36.3 Å². The number of aryl methyl sites for hydroxylation is 1. The van der Waals surface area contributed by atoms with Gasteiger partial charge in [-0.25, -0.2) is 9.97 Å². The molecule has 0 saturated carbocycles. The third kappa shape index (κ3) is 3.67. The maximum Gasteiger partial charge on any atom is 0.163 e. The lowest BCUT2D eigenvalue weighted by atomic mass is 9.90. The van der Waals surface area contributed by atoms with Gasteiger partial charge in [0.15, 0.2) is 5.82 Å². The van der Waals surface area contributed by atoms with Gasteiger partial charge in [0.05, 0.1) is 6.10 Å². The minimum Gasteiger partial charge on any atom is -0.393 e. The van der Waals surface area contributed by atoms with Crippen molar-refractivity contribution in [2.45, 2.75) is 39.2 Å². The van der Waals surface area contributed by atoms with Gasteiger partial charge in [-0.05, 0) is 44.2 Å². The summed E-state index contributed by atoms with van der Waals surface area (Å²) < 4.78 is 0. The lowest BCUT2D eigenvalue weighted by Gasteiger charge is -2.34. The fourth-order valence-electron chi connectivity index (χ4n) is 3.18. The highest BCUT2D eigenvalue weighted by molar-refractivity contribution is 5.56. The zero-order chi connectivity index (χ0) is 16.2.